The number of aliphatic imine (C=N–C) groups is 2. The van der Waals surface area contributed by atoms with E-state index in [1.54, 1.807) is 0 Å². The Balaban J connectivity index is 0.849. The van der Waals surface area contributed by atoms with Crippen LogP contribution in [0.2, 0.25) is 0 Å². The first-order chi connectivity index (χ1) is 38.1. The SMILES string of the molecule is CN1C(c2ccccc2)=NC(c2ccc(-c3ccc(C(=C(c4ccccc4)c4ccccc4)c4ccccc4)cc3)cc2)=NC1c1ccc(-c2ccc(C(=C(c3ccccc3)c3ccccc3)c3ccccc3)cc2)cc1. The molecule has 0 amide bonds. The van der Waals surface area contributed by atoms with E-state index in [2.05, 4.69) is 315 Å². The highest BCUT2D eigenvalue weighted by molar-refractivity contribution is 6.13. The van der Waals surface area contributed by atoms with Crippen molar-refractivity contribution in [2.45, 2.75) is 6.17 Å². The minimum atomic E-state index is -0.294. The van der Waals surface area contributed by atoms with E-state index in [9.17, 15) is 0 Å². The Morgan fingerprint density at radius 3 is 0.818 bits per heavy atom. The Hall–Kier alpha value is -9.96. The van der Waals surface area contributed by atoms with Crippen LogP contribution in [0.4, 0.5) is 0 Å². The lowest BCUT2D eigenvalue weighted by Crippen LogP contribution is -2.35. The molecule has 1 atom stereocenters. The molecule has 1 aliphatic rings. The molecule has 0 aromatic heterocycles. The predicted molar refractivity (Wildman–Crippen MR) is 322 cm³/mol. The van der Waals surface area contributed by atoms with Gasteiger partial charge in [0.05, 0.1) is 0 Å². The van der Waals surface area contributed by atoms with Gasteiger partial charge in [0.1, 0.15) is 12.0 Å². The average molecular weight is 986 g/mol. The highest BCUT2D eigenvalue weighted by Gasteiger charge is 2.27. The van der Waals surface area contributed by atoms with Gasteiger partial charge in [0.2, 0.25) is 0 Å². The molecule has 3 heteroatoms. The van der Waals surface area contributed by atoms with Crippen LogP contribution in [0.5, 0.6) is 0 Å². The van der Waals surface area contributed by atoms with Gasteiger partial charge in [-0.1, -0.05) is 309 Å². The van der Waals surface area contributed by atoms with E-state index < -0.39 is 0 Å². The van der Waals surface area contributed by atoms with Crippen molar-refractivity contribution in [3.8, 4) is 22.3 Å². The van der Waals surface area contributed by atoms with Gasteiger partial charge in [-0.05, 0) is 94.6 Å². The first kappa shape index (κ1) is 48.0. The second kappa shape index (κ2) is 22.3. The fraction of sp³-hybridized carbons (Fsp3) is 0.0270. The molecule has 1 unspecified atom stereocenters. The standard InChI is InChI=1S/C74H55N3/c1-77-73(66-35-21-8-22-36-66)75-72(65-49-41-55(42-50-65)53-37-45-63(46-38-53)70(61-31-17-6-18-32-61)68(57-23-9-2-10-24-57)58-25-11-3-12-26-58)76-74(77)67-51-43-56(44-52-67)54-39-47-64(48-40-54)71(62-33-19-7-20-34-62)69(59-27-13-4-14-28-59)60-29-15-5-16-30-60/h2-52,74H,1H3. The van der Waals surface area contributed by atoms with Crippen LogP contribution < -0.4 is 0 Å². The van der Waals surface area contributed by atoms with Crippen molar-refractivity contribution >= 4 is 34.0 Å². The lowest BCUT2D eigenvalue weighted by atomic mass is 9.85. The van der Waals surface area contributed by atoms with Gasteiger partial charge in [0.25, 0.3) is 0 Å². The van der Waals surface area contributed by atoms with Gasteiger partial charge in [-0.2, -0.15) is 0 Å². The van der Waals surface area contributed by atoms with Crippen molar-refractivity contribution in [3.05, 3.63) is 371 Å². The van der Waals surface area contributed by atoms with Crippen molar-refractivity contribution in [3.63, 3.8) is 0 Å². The second-order valence-corrected chi connectivity index (χ2v) is 19.3. The Bertz CT molecular complexity index is 3790. The lowest BCUT2D eigenvalue weighted by molar-refractivity contribution is 0.383. The maximum atomic E-state index is 5.38. The normalized spacial score (nSPS) is 13.0. The van der Waals surface area contributed by atoms with Crippen molar-refractivity contribution in [2.75, 3.05) is 7.05 Å². The quantitative estimate of drug-likeness (QED) is 0.106. The molecule has 11 aromatic carbocycles. The number of benzene rings is 11. The zero-order valence-electron chi connectivity index (χ0n) is 42.9. The largest absolute Gasteiger partial charge is 0.333 e. The van der Waals surface area contributed by atoms with E-state index in [1.165, 1.54) is 55.7 Å². The van der Waals surface area contributed by atoms with Gasteiger partial charge in [-0.25, -0.2) is 9.98 Å². The van der Waals surface area contributed by atoms with E-state index in [-0.39, 0.29) is 6.17 Å². The van der Waals surface area contributed by atoms with Crippen LogP contribution in [-0.4, -0.2) is 23.6 Å². The van der Waals surface area contributed by atoms with Crippen LogP contribution in [0.3, 0.4) is 0 Å². The topological polar surface area (TPSA) is 28.0 Å². The van der Waals surface area contributed by atoms with Gasteiger partial charge >= 0.3 is 0 Å². The third-order valence-electron chi connectivity index (χ3n) is 14.4. The van der Waals surface area contributed by atoms with Crippen LogP contribution in [0.1, 0.15) is 67.4 Å². The molecule has 1 heterocycles. The van der Waals surface area contributed by atoms with E-state index in [0.717, 1.165) is 55.9 Å². The average Bonchev–Trinajstić information content (AvgIpc) is 3.53. The fourth-order valence-corrected chi connectivity index (χ4v) is 10.6. The van der Waals surface area contributed by atoms with E-state index in [0.29, 0.717) is 5.84 Å². The zero-order valence-corrected chi connectivity index (χ0v) is 42.9. The minimum Gasteiger partial charge on any atom is -0.333 e. The predicted octanol–water partition coefficient (Wildman–Crippen LogP) is 17.9. The number of amidine groups is 2. The molecule has 366 valence electrons. The molecule has 0 radical (unpaired) electrons. The third-order valence-corrected chi connectivity index (χ3v) is 14.4. The number of rotatable bonds is 13. The molecule has 0 N–H and O–H groups in total. The molecule has 11 aromatic rings. The molecule has 0 aliphatic carbocycles. The van der Waals surface area contributed by atoms with Crippen LogP contribution in [-0.2, 0) is 0 Å². The van der Waals surface area contributed by atoms with Crippen molar-refractivity contribution in [1.29, 1.82) is 0 Å². The molecular formula is C74H55N3. The van der Waals surface area contributed by atoms with Crippen molar-refractivity contribution in [2.24, 2.45) is 9.98 Å². The second-order valence-electron chi connectivity index (χ2n) is 19.3. The van der Waals surface area contributed by atoms with Gasteiger partial charge in [0, 0.05) is 18.2 Å². The summed E-state index contributed by atoms with van der Waals surface area (Å²) in [5.41, 5.74) is 21.8. The maximum Gasteiger partial charge on any atom is 0.159 e. The Morgan fingerprint density at radius 1 is 0.260 bits per heavy atom. The first-order valence-electron chi connectivity index (χ1n) is 26.3. The summed E-state index contributed by atoms with van der Waals surface area (Å²) in [4.78, 5) is 12.8. The first-order valence-corrected chi connectivity index (χ1v) is 26.3. The summed E-state index contributed by atoms with van der Waals surface area (Å²) in [5, 5.41) is 0. The van der Waals surface area contributed by atoms with Crippen molar-refractivity contribution < 1.29 is 0 Å². The smallest absolute Gasteiger partial charge is 0.159 e. The summed E-state index contributed by atoms with van der Waals surface area (Å²) in [6, 6.07) is 110. The Kier molecular flexibility index (Phi) is 13.9. The summed E-state index contributed by atoms with van der Waals surface area (Å²) >= 11 is 0. The molecule has 3 nitrogen and oxygen atoms in total. The summed E-state index contributed by atoms with van der Waals surface area (Å²) < 4.78 is 0. The zero-order chi connectivity index (χ0) is 51.8. The highest BCUT2D eigenvalue weighted by Crippen LogP contribution is 2.40. The van der Waals surface area contributed by atoms with Crippen molar-refractivity contribution in [1.82, 2.24) is 4.90 Å². The molecule has 0 spiro atoms. The molecule has 12 rings (SSSR count). The Labute approximate surface area is 452 Å². The molecule has 0 fully saturated rings. The highest BCUT2D eigenvalue weighted by atomic mass is 15.3. The summed E-state index contributed by atoms with van der Waals surface area (Å²) in [6.07, 6.45) is -0.294. The summed E-state index contributed by atoms with van der Waals surface area (Å²) in [7, 11) is 2.09. The molecule has 0 saturated carbocycles. The van der Waals surface area contributed by atoms with Gasteiger partial charge in [-0.3, -0.25) is 0 Å². The van der Waals surface area contributed by atoms with Gasteiger partial charge < -0.3 is 4.90 Å². The van der Waals surface area contributed by atoms with Gasteiger partial charge in [-0.15, -0.1) is 0 Å². The number of hydrogen-bond acceptors (Lipinski definition) is 3. The molecule has 0 saturated heterocycles. The fourth-order valence-electron chi connectivity index (χ4n) is 10.6. The molecule has 77 heavy (non-hydrogen) atoms. The van der Waals surface area contributed by atoms with E-state index in [1.807, 2.05) is 6.07 Å². The van der Waals surface area contributed by atoms with Crippen LogP contribution >= 0.6 is 0 Å². The van der Waals surface area contributed by atoms with E-state index in [4.69, 9.17) is 9.98 Å². The van der Waals surface area contributed by atoms with Crippen LogP contribution in [0, 0.1) is 0 Å². The van der Waals surface area contributed by atoms with Gasteiger partial charge in [0.15, 0.2) is 5.84 Å². The summed E-state index contributed by atoms with van der Waals surface area (Å²) in [5.74, 6) is 1.58. The monoisotopic (exact) mass is 985 g/mol. The molecule has 1 aliphatic heterocycles. The Morgan fingerprint density at radius 2 is 0.506 bits per heavy atom. The minimum absolute atomic E-state index is 0.294. The van der Waals surface area contributed by atoms with E-state index >= 15 is 0 Å². The summed E-state index contributed by atoms with van der Waals surface area (Å²) in [6.45, 7) is 0. The van der Waals surface area contributed by atoms with Crippen LogP contribution in [0.15, 0.2) is 319 Å². The number of nitrogens with zero attached hydrogens (tertiary/aromatic N) is 3. The van der Waals surface area contributed by atoms with Crippen LogP contribution in [0.25, 0.3) is 44.5 Å². The third kappa shape index (κ3) is 10.3. The lowest BCUT2D eigenvalue weighted by Gasteiger charge is -2.32. The maximum absolute atomic E-state index is 5.38. The molecular weight excluding hydrogens is 931 g/mol. The molecule has 0 bridgehead atoms. The number of hydrogen-bond donors (Lipinski definition) is 0.